The largest absolute Gasteiger partial charge is 0.471 e. The number of para-hydroxylation sites is 1. The quantitative estimate of drug-likeness (QED) is 0.448. The van der Waals surface area contributed by atoms with Gasteiger partial charge in [-0.25, -0.2) is 0 Å². The van der Waals surface area contributed by atoms with Crippen molar-refractivity contribution in [3.63, 3.8) is 0 Å². The molecule has 4 aromatic rings. The second kappa shape index (κ2) is 7.71. The van der Waals surface area contributed by atoms with Crippen LogP contribution in [-0.2, 0) is 12.7 Å². The summed E-state index contributed by atoms with van der Waals surface area (Å²) in [6, 6.07) is 13.7. The first kappa shape index (κ1) is 20.3. The molecule has 0 bridgehead atoms. The Kier molecular flexibility index (Phi) is 5.05. The Balaban J connectivity index is 1.45. The highest BCUT2D eigenvalue weighted by Gasteiger charge is 2.38. The number of halogens is 3. The number of rotatable bonds is 6. The van der Waals surface area contributed by atoms with Gasteiger partial charge < -0.3 is 15.2 Å². The third kappa shape index (κ3) is 4.04. The number of anilines is 3. The summed E-state index contributed by atoms with van der Waals surface area (Å²) >= 11 is 0. The average Bonchev–Trinajstić information content (AvgIpc) is 3.25. The van der Waals surface area contributed by atoms with Gasteiger partial charge >= 0.3 is 12.1 Å². The molecule has 31 heavy (non-hydrogen) atoms. The summed E-state index contributed by atoms with van der Waals surface area (Å²) in [4.78, 5) is 27.3. The number of nitrogens with one attached hydrogen (secondary N) is 2. The number of aromatic nitrogens is 2. The highest BCUT2D eigenvalue weighted by atomic mass is 19.4. The van der Waals surface area contributed by atoms with Crippen LogP contribution in [0.3, 0.4) is 0 Å². The van der Waals surface area contributed by atoms with E-state index >= 15 is 0 Å². The van der Waals surface area contributed by atoms with Crippen LogP contribution in [0.15, 0.2) is 62.6 Å². The van der Waals surface area contributed by atoms with Crippen molar-refractivity contribution in [2.45, 2.75) is 19.6 Å². The maximum atomic E-state index is 12.6. The molecule has 3 aromatic carbocycles. The van der Waals surface area contributed by atoms with E-state index in [-0.39, 0.29) is 23.7 Å². The Labute approximate surface area is 173 Å². The summed E-state index contributed by atoms with van der Waals surface area (Å²) < 4.78 is 42.0. The SMILES string of the molecule is Cc1ccccc1Nc1c(NCc2ccc(-c3noc(C(F)(F)F)n3)cc2)c(=O)c1=O. The van der Waals surface area contributed by atoms with Crippen LogP contribution in [0.25, 0.3) is 11.4 Å². The van der Waals surface area contributed by atoms with Crippen molar-refractivity contribution < 1.29 is 17.7 Å². The van der Waals surface area contributed by atoms with Gasteiger partial charge in [0.15, 0.2) is 0 Å². The van der Waals surface area contributed by atoms with Crippen LogP contribution >= 0.6 is 0 Å². The van der Waals surface area contributed by atoms with E-state index in [9.17, 15) is 22.8 Å². The predicted molar refractivity (Wildman–Crippen MR) is 108 cm³/mol. The minimum absolute atomic E-state index is 0.181. The Morgan fingerprint density at radius 3 is 2.29 bits per heavy atom. The summed E-state index contributed by atoms with van der Waals surface area (Å²) in [6.07, 6.45) is -4.71. The molecule has 7 nitrogen and oxygen atoms in total. The number of nitrogens with zero attached hydrogens (tertiary/aromatic N) is 2. The van der Waals surface area contributed by atoms with E-state index in [1.807, 2.05) is 25.1 Å². The molecule has 0 aliphatic carbocycles. The lowest BCUT2D eigenvalue weighted by Gasteiger charge is -2.16. The van der Waals surface area contributed by atoms with E-state index in [1.165, 1.54) is 12.1 Å². The zero-order chi connectivity index (χ0) is 22.2. The number of hydrogen-bond donors (Lipinski definition) is 2. The maximum Gasteiger partial charge on any atom is 0.471 e. The molecular formula is C21H15F3N4O3. The molecule has 0 unspecified atom stereocenters. The molecule has 158 valence electrons. The fourth-order valence-electron chi connectivity index (χ4n) is 2.95. The molecule has 0 radical (unpaired) electrons. The van der Waals surface area contributed by atoms with E-state index < -0.39 is 22.9 Å². The van der Waals surface area contributed by atoms with Gasteiger partial charge in [0.2, 0.25) is 5.82 Å². The van der Waals surface area contributed by atoms with Crippen molar-refractivity contribution in [1.82, 2.24) is 10.1 Å². The summed E-state index contributed by atoms with van der Waals surface area (Å²) in [5.74, 6) is -1.60. The first-order valence-corrected chi connectivity index (χ1v) is 9.14. The lowest BCUT2D eigenvalue weighted by molar-refractivity contribution is -0.159. The van der Waals surface area contributed by atoms with Gasteiger partial charge in [-0.05, 0) is 24.1 Å². The van der Waals surface area contributed by atoms with Crippen molar-refractivity contribution in [1.29, 1.82) is 0 Å². The van der Waals surface area contributed by atoms with Gasteiger partial charge in [0.1, 0.15) is 11.4 Å². The summed E-state index contributed by atoms with van der Waals surface area (Å²) in [6.45, 7) is 2.11. The van der Waals surface area contributed by atoms with Crippen LogP contribution in [-0.4, -0.2) is 10.1 Å². The van der Waals surface area contributed by atoms with E-state index in [0.29, 0.717) is 5.56 Å². The first-order chi connectivity index (χ1) is 14.7. The third-order valence-corrected chi connectivity index (χ3v) is 4.67. The molecule has 0 spiro atoms. The highest BCUT2D eigenvalue weighted by molar-refractivity contribution is 5.79. The normalized spacial score (nSPS) is 11.6. The van der Waals surface area contributed by atoms with E-state index in [4.69, 9.17) is 0 Å². The topological polar surface area (TPSA) is 97.1 Å². The second-order valence-corrected chi connectivity index (χ2v) is 6.82. The van der Waals surface area contributed by atoms with E-state index in [2.05, 4.69) is 25.3 Å². The molecule has 0 saturated heterocycles. The molecule has 0 amide bonds. The Morgan fingerprint density at radius 1 is 0.968 bits per heavy atom. The van der Waals surface area contributed by atoms with Crippen LogP contribution in [0.2, 0.25) is 0 Å². The molecular weight excluding hydrogens is 413 g/mol. The van der Waals surface area contributed by atoms with Gasteiger partial charge in [-0.3, -0.25) is 9.59 Å². The molecule has 1 heterocycles. The van der Waals surface area contributed by atoms with Gasteiger partial charge in [-0.1, -0.05) is 47.6 Å². The van der Waals surface area contributed by atoms with Gasteiger partial charge in [-0.2, -0.15) is 18.2 Å². The second-order valence-electron chi connectivity index (χ2n) is 6.82. The zero-order valence-electron chi connectivity index (χ0n) is 16.1. The van der Waals surface area contributed by atoms with Gasteiger partial charge in [0.05, 0.1) is 0 Å². The van der Waals surface area contributed by atoms with Gasteiger partial charge in [0, 0.05) is 17.8 Å². The Morgan fingerprint density at radius 2 is 1.65 bits per heavy atom. The van der Waals surface area contributed by atoms with Crippen molar-refractivity contribution >= 4 is 17.1 Å². The minimum Gasteiger partial charge on any atom is -0.376 e. The van der Waals surface area contributed by atoms with Crippen LogP contribution < -0.4 is 21.5 Å². The van der Waals surface area contributed by atoms with Crippen molar-refractivity contribution in [3.8, 4) is 11.4 Å². The van der Waals surface area contributed by atoms with Gasteiger partial charge in [-0.15, -0.1) is 0 Å². The molecule has 0 fully saturated rings. The van der Waals surface area contributed by atoms with Crippen molar-refractivity contribution in [2.24, 2.45) is 0 Å². The monoisotopic (exact) mass is 428 g/mol. The highest BCUT2D eigenvalue weighted by Crippen LogP contribution is 2.29. The van der Waals surface area contributed by atoms with Crippen LogP contribution in [0.4, 0.5) is 30.2 Å². The molecule has 4 rings (SSSR count). The fraction of sp³-hybridized carbons (Fsp3) is 0.143. The lowest BCUT2D eigenvalue weighted by Crippen LogP contribution is -2.36. The summed E-state index contributed by atoms with van der Waals surface area (Å²) in [5, 5.41) is 9.26. The predicted octanol–water partition coefficient (Wildman–Crippen LogP) is 4.02. The first-order valence-electron chi connectivity index (χ1n) is 9.14. The van der Waals surface area contributed by atoms with Crippen LogP contribution in [0.5, 0.6) is 0 Å². The molecule has 0 saturated carbocycles. The maximum absolute atomic E-state index is 12.6. The molecule has 0 aliphatic heterocycles. The number of hydrogen-bond acceptors (Lipinski definition) is 7. The molecule has 2 N–H and O–H groups in total. The smallest absolute Gasteiger partial charge is 0.376 e. The third-order valence-electron chi connectivity index (χ3n) is 4.67. The average molecular weight is 428 g/mol. The molecule has 0 atom stereocenters. The minimum atomic E-state index is -4.71. The number of aryl methyl sites for hydroxylation is 1. The van der Waals surface area contributed by atoms with Crippen molar-refractivity contribution in [3.05, 3.63) is 86.0 Å². The Bertz CT molecular complexity index is 1300. The molecule has 10 heteroatoms. The van der Waals surface area contributed by atoms with Crippen LogP contribution in [0.1, 0.15) is 17.0 Å². The van der Waals surface area contributed by atoms with E-state index in [0.717, 1.165) is 16.8 Å². The fourth-order valence-corrected chi connectivity index (χ4v) is 2.95. The standard InChI is InChI=1S/C21H15F3N4O3/c1-11-4-2-3-5-14(11)26-16-15(17(29)18(16)30)25-10-12-6-8-13(9-7-12)19-27-20(31-28-19)21(22,23)24/h2-9,25-26H,10H2,1H3. The van der Waals surface area contributed by atoms with Crippen LogP contribution in [0, 0.1) is 6.92 Å². The number of alkyl halides is 3. The summed E-state index contributed by atoms with van der Waals surface area (Å²) in [7, 11) is 0. The number of benzene rings is 2. The zero-order valence-corrected chi connectivity index (χ0v) is 16.1. The van der Waals surface area contributed by atoms with E-state index in [1.54, 1.807) is 18.2 Å². The van der Waals surface area contributed by atoms with Gasteiger partial charge in [0.25, 0.3) is 10.9 Å². The Hall–Kier alpha value is -3.95. The molecule has 0 aliphatic rings. The summed E-state index contributed by atoms with van der Waals surface area (Å²) in [5.41, 5.74) is 1.90. The van der Waals surface area contributed by atoms with Crippen molar-refractivity contribution in [2.75, 3.05) is 10.6 Å². The molecule has 1 aromatic heterocycles. The lowest BCUT2D eigenvalue weighted by atomic mass is 10.1.